The van der Waals surface area contributed by atoms with Gasteiger partial charge in [0.05, 0.1) is 6.54 Å². The molecule has 2 atom stereocenters. The molecule has 4 nitrogen and oxygen atoms in total. The molecule has 0 saturated carbocycles. The Hall–Kier alpha value is -1.39. The Morgan fingerprint density at radius 2 is 1.95 bits per heavy atom. The molecule has 1 N–H and O–H groups in total. The van der Waals surface area contributed by atoms with Gasteiger partial charge >= 0.3 is 0 Å². The Balaban J connectivity index is 1.66. The van der Waals surface area contributed by atoms with Gasteiger partial charge in [-0.2, -0.15) is 0 Å². The number of rotatable bonds is 2. The lowest BCUT2D eigenvalue weighted by molar-refractivity contribution is -0.135. The first-order valence-corrected chi connectivity index (χ1v) is 8.06. The number of nitrogens with zero attached hydrogens (tertiary/aromatic N) is 2. The topological polar surface area (TPSA) is 35.6 Å². The number of carbonyl (C=O) groups is 1. The number of carbonyl (C=O) groups excluding carboxylic acids is 1. The van der Waals surface area contributed by atoms with Crippen LogP contribution in [0.15, 0.2) is 24.3 Å². The first kappa shape index (κ1) is 13.3. The maximum atomic E-state index is 12.5. The predicted octanol–water partition coefficient (Wildman–Crippen LogP) is 1.52. The Morgan fingerprint density at radius 3 is 2.62 bits per heavy atom. The molecule has 2 unspecified atom stereocenters. The van der Waals surface area contributed by atoms with Crippen LogP contribution in [0.2, 0.25) is 0 Å². The molecule has 0 aliphatic carbocycles. The van der Waals surface area contributed by atoms with E-state index in [0.29, 0.717) is 18.5 Å². The smallest absolute Gasteiger partial charge is 0.238 e. The lowest BCUT2D eigenvalue weighted by Gasteiger charge is -2.49. The molecule has 21 heavy (non-hydrogen) atoms. The zero-order chi connectivity index (χ0) is 14.4. The molecule has 4 fully saturated rings. The van der Waals surface area contributed by atoms with Crippen LogP contribution in [0.1, 0.15) is 30.1 Å². The maximum Gasteiger partial charge on any atom is 0.238 e. The van der Waals surface area contributed by atoms with Gasteiger partial charge in [-0.1, -0.05) is 24.3 Å². The molecule has 4 aliphatic heterocycles. The van der Waals surface area contributed by atoms with E-state index in [0.717, 1.165) is 6.54 Å². The second-order valence-electron chi connectivity index (χ2n) is 6.65. The van der Waals surface area contributed by atoms with Gasteiger partial charge in [-0.25, -0.2) is 0 Å². The summed E-state index contributed by atoms with van der Waals surface area (Å²) in [5.41, 5.74) is 2.51. The first-order chi connectivity index (χ1) is 10.2. The summed E-state index contributed by atoms with van der Waals surface area (Å²) in [5, 5.41) is 3.43. The van der Waals surface area contributed by atoms with Crippen LogP contribution in [0.4, 0.5) is 0 Å². The van der Waals surface area contributed by atoms with Crippen molar-refractivity contribution in [2.45, 2.75) is 32.0 Å². The average Bonchev–Trinajstić information content (AvgIpc) is 2.90. The van der Waals surface area contributed by atoms with E-state index in [2.05, 4.69) is 46.3 Å². The predicted molar refractivity (Wildman–Crippen MR) is 81.7 cm³/mol. The van der Waals surface area contributed by atoms with Crippen LogP contribution in [0.5, 0.6) is 0 Å². The third-order valence-corrected chi connectivity index (χ3v) is 5.47. The largest absolute Gasteiger partial charge is 0.317 e. The summed E-state index contributed by atoms with van der Waals surface area (Å²) >= 11 is 0. The third kappa shape index (κ3) is 2.17. The minimum atomic E-state index is 0.0595. The number of hydrogen-bond acceptors (Lipinski definition) is 3. The van der Waals surface area contributed by atoms with Crippen LogP contribution < -0.4 is 5.32 Å². The van der Waals surface area contributed by atoms with Gasteiger partial charge in [-0.3, -0.25) is 10.1 Å². The number of piperidine rings is 3. The van der Waals surface area contributed by atoms with Crippen LogP contribution in [-0.2, 0) is 4.79 Å². The highest BCUT2D eigenvalue weighted by Gasteiger charge is 2.44. The molecule has 1 aromatic rings. The van der Waals surface area contributed by atoms with E-state index in [1.165, 1.54) is 37.1 Å². The number of nitrogens with one attached hydrogen (secondary N) is 1. The second kappa shape index (κ2) is 5.11. The molecule has 0 radical (unpaired) electrons. The average molecular weight is 285 g/mol. The van der Waals surface area contributed by atoms with Crippen molar-refractivity contribution in [2.24, 2.45) is 5.92 Å². The summed E-state index contributed by atoms with van der Waals surface area (Å²) in [7, 11) is 0. The molecular formula is C17H23N3O. The normalized spacial score (nSPS) is 35.5. The van der Waals surface area contributed by atoms with Gasteiger partial charge in [0.2, 0.25) is 5.91 Å². The summed E-state index contributed by atoms with van der Waals surface area (Å²) in [6.45, 7) is 6.09. The molecule has 4 aliphatic rings. The highest BCUT2D eigenvalue weighted by Crippen LogP contribution is 2.36. The zero-order valence-electron chi connectivity index (χ0n) is 12.6. The fourth-order valence-electron chi connectivity index (χ4n) is 4.30. The van der Waals surface area contributed by atoms with Crippen molar-refractivity contribution in [1.29, 1.82) is 0 Å². The summed E-state index contributed by atoms with van der Waals surface area (Å²) in [5.74, 6) is 0.951. The van der Waals surface area contributed by atoms with Gasteiger partial charge in [-0.15, -0.1) is 0 Å². The molecule has 4 heterocycles. The molecule has 112 valence electrons. The van der Waals surface area contributed by atoms with Crippen LogP contribution in [0.3, 0.4) is 0 Å². The van der Waals surface area contributed by atoms with Crippen molar-refractivity contribution >= 4 is 5.91 Å². The third-order valence-electron chi connectivity index (χ3n) is 5.47. The highest BCUT2D eigenvalue weighted by molar-refractivity contribution is 5.81. The highest BCUT2D eigenvalue weighted by atomic mass is 16.2. The van der Waals surface area contributed by atoms with E-state index in [4.69, 9.17) is 0 Å². The Kier molecular flexibility index (Phi) is 3.23. The van der Waals surface area contributed by atoms with Crippen LogP contribution in [-0.4, -0.2) is 47.9 Å². The van der Waals surface area contributed by atoms with E-state index in [-0.39, 0.29) is 12.1 Å². The molecule has 1 aromatic carbocycles. The molecule has 2 bridgehead atoms. The van der Waals surface area contributed by atoms with Crippen molar-refractivity contribution in [3.63, 3.8) is 0 Å². The maximum absolute atomic E-state index is 12.5. The van der Waals surface area contributed by atoms with Crippen molar-refractivity contribution in [1.82, 2.24) is 15.1 Å². The summed E-state index contributed by atoms with van der Waals surface area (Å²) in [6, 6.07) is 8.81. The van der Waals surface area contributed by atoms with Crippen molar-refractivity contribution < 1.29 is 4.79 Å². The standard InChI is InChI=1S/C17H23N3O/c1-12-4-2-3-5-14(12)17-18-10-16(21)20(17)15-11-19-8-6-13(15)7-9-19/h2-5,13,15,17-18H,6-11H2,1H3. The van der Waals surface area contributed by atoms with Gasteiger partial charge < -0.3 is 9.80 Å². The Labute approximate surface area is 126 Å². The molecule has 4 saturated heterocycles. The van der Waals surface area contributed by atoms with E-state index in [9.17, 15) is 4.79 Å². The van der Waals surface area contributed by atoms with Crippen LogP contribution in [0.25, 0.3) is 0 Å². The van der Waals surface area contributed by atoms with Crippen molar-refractivity contribution in [2.75, 3.05) is 26.2 Å². The number of amides is 1. The minimum Gasteiger partial charge on any atom is -0.317 e. The van der Waals surface area contributed by atoms with E-state index in [1.807, 2.05) is 0 Å². The van der Waals surface area contributed by atoms with E-state index in [1.54, 1.807) is 0 Å². The minimum absolute atomic E-state index is 0.0595. The first-order valence-electron chi connectivity index (χ1n) is 8.06. The fraction of sp³-hybridized carbons (Fsp3) is 0.588. The Morgan fingerprint density at radius 1 is 1.19 bits per heavy atom. The van der Waals surface area contributed by atoms with Crippen molar-refractivity contribution in [3.8, 4) is 0 Å². The molecule has 1 amide bonds. The van der Waals surface area contributed by atoms with Crippen molar-refractivity contribution in [3.05, 3.63) is 35.4 Å². The molecule has 0 spiro atoms. The van der Waals surface area contributed by atoms with E-state index < -0.39 is 0 Å². The lowest BCUT2D eigenvalue weighted by Crippen LogP contribution is -2.58. The Bertz CT molecular complexity index is 551. The second-order valence-corrected chi connectivity index (χ2v) is 6.65. The number of hydrogen-bond donors (Lipinski definition) is 1. The molecule has 5 rings (SSSR count). The van der Waals surface area contributed by atoms with Gasteiger partial charge in [0.25, 0.3) is 0 Å². The van der Waals surface area contributed by atoms with Gasteiger partial charge in [0.15, 0.2) is 0 Å². The van der Waals surface area contributed by atoms with Crippen LogP contribution in [0, 0.1) is 12.8 Å². The lowest BCUT2D eigenvalue weighted by atomic mass is 9.82. The van der Waals surface area contributed by atoms with Gasteiger partial charge in [-0.05, 0) is 49.9 Å². The quantitative estimate of drug-likeness (QED) is 0.895. The van der Waals surface area contributed by atoms with E-state index >= 15 is 0 Å². The molecular weight excluding hydrogens is 262 g/mol. The summed E-state index contributed by atoms with van der Waals surface area (Å²) < 4.78 is 0. The van der Waals surface area contributed by atoms with Gasteiger partial charge in [0, 0.05) is 12.6 Å². The SMILES string of the molecule is Cc1ccccc1C1NCC(=O)N1C1CN2CCC1CC2. The molecule has 0 aromatic heterocycles. The number of fused-ring (bicyclic) bond motifs is 3. The monoisotopic (exact) mass is 285 g/mol. The van der Waals surface area contributed by atoms with Gasteiger partial charge in [0.1, 0.15) is 6.17 Å². The summed E-state index contributed by atoms with van der Waals surface area (Å²) in [6.07, 6.45) is 2.55. The fourth-order valence-corrected chi connectivity index (χ4v) is 4.30. The zero-order valence-corrected chi connectivity index (χ0v) is 12.6. The summed E-state index contributed by atoms with van der Waals surface area (Å²) in [4.78, 5) is 17.2. The number of aryl methyl sites for hydroxylation is 1. The van der Waals surface area contributed by atoms with Crippen LogP contribution >= 0.6 is 0 Å². The molecule has 4 heteroatoms. The number of benzene rings is 1.